The molecule has 0 aliphatic rings. The highest BCUT2D eigenvalue weighted by Gasteiger charge is 2.22. The fourth-order valence-corrected chi connectivity index (χ4v) is 24.3. The highest BCUT2D eigenvalue weighted by atomic mass is 32.1. The Hall–Kier alpha value is -17.2. The molecule has 22 aromatic carbocycles. The SMILES string of the molecule is c1ccc(-c2ccc(-c3cc(Nc4cccc(-c5ccccc5)c4)cc4c3sc3ccccc34)cc2)cc1.c1ccc(-c2ccccc2-c2ccc(Nc3cccc(-c4ccc5ccccc5c4)c3)c3c2sc2ccccc23)cc1.c1ccc(Nc2cc(-c3cc4ccccc4c4ccccc34)cc3sc4ccccc4c23)cc1.c1ccc(Nc2cc3c(cc2-c2ccccn2)sc2ccccc23)cc1. The van der Waals surface area contributed by atoms with E-state index in [2.05, 4.69) is 505 Å². The third-order valence-electron chi connectivity index (χ3n) is 26.2. The van der Waals surface area contributed by atoms with Gasteiger partial charge in [-0.3, -0.25) is 4.98 Å². The van der Waals surface area contributed by atoms with Crippen molar-refractivity contribution in [2.75, 3.05) is 21.3 Å². The van der Waals surface area contributed by atoms with Crippen molar-refractivity contribution in [3.8, 4) is 89.1 Å². The largest absolute Gasteiger partial charge is 0.355 e. The zero-order valence-electron chi connectivity index (χ0n) is 76.2. The Labute approximate surface area is 828 Å². The Morgan fingerprint density at radius 1 is 0.157 bits per heavy atom. The number of anilines is 8. The summed E-state index contributed by atoms with van der Waals surface area (Å²) in [5.41, 5.74) is 28.2. The number of aromatic nitrogens is 1. The summed E-state index contributed by atoms with van der Waals surface area (Å²) in [6.45, 7) is 0. The molecular formula is C131H89N5S4. The molecule has 0 saturated heterocycles. The lowest BCUT2D eigenvalue weighted by Gasteiger charge is -2.15. The smallest absolute Gasteiger partial charge is 0.0723 e. The van der Waals surface area contributed by atoms with Gasteiger partial charge >= 0.3 is 0 Å². The minimum Gasteiger partial charge on any atom is -0.355 e. The van der Waals surface area contributed by atoms with Gasteiger partial charge in [-0.15, -0.1) is 45.3 Å². The highest BCUT2D eigenvalue weighted by Crippen LogP contribution is 2.51. The minimum atomic E-state index is 0.977. The van der Waals surface area contributed by atoms with Crippen molar-refractivity contribution in [3.63, 3.8) is 0 Å². The van der Waals surface area contributed by atoms with Crippen LogP contribution in [0.2, 0.25) is 0 Å². The van der Waals surface area contributed by atoms with Gasteiger partial charge in [-0.1, -0.05) is 370 Å². The number of fused-ring (bicyclic) bond motifs is 16. The Kier molecular flexibility index (Phi) is 23.6. The van der Waals surface area contributed by atoms with E-state index < -0.39 is 0 Å². The van der Waals surface area contributed by atoms with Crippen LogP contribution in [-0.2, 0) is 0 Å². The van der Waals surface area contributed by atoms with Crippen LogP contribution in [0.25, 0.3) is 202 Å². The topological polar surface area (TPSA) is 61.0 Å². The average Bonchev–Trinajstić information content (AvgIpc) is 1.53. The van der Waals surface area contributed by atoms with Crippen molar-refractivity contribution in [1.82, 2.24) is 4.98 Å². The minimum absolute atomic E-state index is 0.977. The van der Waals surface area contributed by atoms with E-state index in [1.807, 2.05) is 81.9 Å². The van der Waals surface area contributed by atoms with Crippen LogP contribution in [0.15, 0.2) is 516 Å². The van der Waals surface area contributed by atoms with E-state index >= 15 is 0 Å². The highest BCUT2D eigenvalue weighted by molar-refractivity contribution is 7.27. The van der Waals surface area contributed by atoms with Crippen LogP contribution in [0.4, 0.5) is 45.5 Å². The monoisotopic (exact) mass is 1860 g/mol. The molecule has 0 amide bonds. The molecule has 0 aliphatic carbocycles. The molecule has 0 aliphatic heterocycles. The van der Waals surface area contributed by atoms with Crippen LogP contribution < -0.4 is 21.3 Å². The second kappa shape index (κ2) is 38.6. The quantitative estimate of drug-likeness (QED) is 0.0727. The summed E-state index contributed by atoms with van der Waals surface area (Å²) in [5.74, 6) is 0. The van der Waals surface area contributed by atoms with Crippen molar-refractivity contribution >= 4 is 204 Å². The predicted molar refractivity (Wildman–Crippen MR) is 610 cm³/mol. The van der Waals surface area contributed by atoms with Crippen molar-refractivity contribution in [2.24, 2.45) is 0 Å². The Balaban J connectivity index is 0.000000102. The first-order chi connectivity index (χ1) is 69.4. The molecule has 140 heavy (non-hydrogen) atoms. The van der Waals surface area contributed by atoms with Gasteiger partial charge in [0, 0.05) is 149 Å². The third kappa shape index (κ3) is 17.5. The zero-order valence-corrected chi connectivity index (χ0v) is 79.4. The van der Waals surface area contributed by atoms with E-state index in [4.69, 9.17) is 0 Å². The Bertz CT molecular complexity index is 9240. The molecule has 5 heterocycles. The van der Waals surface area contributed by atoms with E-state index in [-0.39, 0.29) is 0 Å². The van der Waals surface area contributed by atoms with Gasteiger partial charge in [0.05, 0.1) is 5.69 Å². The summed E-state index contributed by atoms with van der Waals surface area (Å²) in [6, 6.07) is 182. The summed E-state index contributed by atoms with van der Waals surface area (Å²) < 4.78 is 10.4. The van der Waals surface area contributed by atoms with Crippen LogP contribution >= 0.6 is 45.3 Å². The van der Waals surface area contributed by atoms with E-state index in [9.17, 15) is 0 Å². The van der Waals surface area contributed by atoms with E-state index in [1.165, 1.54) is 191 Å². The maximum Gasteiger partial charge on any atom is 0.0723 e. The number of rotatable bonds is 16. The first-order valence-electron chi connectivity index (χ1n) is 47.2. The van der Waals surface area contributed by atoms with Crippen molar-refractivity contribution in [1.29, 1.82) is 0 Å². The number of pyridine rings is 1. The van der Waals surface area contributed by atoms with E-state index in [0.717, 1.165) is 56.8 Å². The Morgan fingerprint density at radius 2 is 0.614 bits per heavy atom. The van der Waals surface area contributed by atoms with Crippen LogP contribution in [0, 0.1) is 0 Å². The fourth-order valence-electron chi connectivity index (χ4n) is 19.6. The van der Waals surface area contributed by atoms with Crippen LogP contribution in [0.3, 0.4) is 0 Å². The zero-order chi connectivity index (χ0) is 93.0. The van der Waals surface area contributed by atoms with E-state index in [0.29, 0.717) is 0 Å². The van der Waals surface area contributed by atoms with Crippen LogP contribution in [-0.4, -0.2) is 4.98 Å². The first-order valence-corrected chi connectivity index (χ1v) is 50.5. The number of nitrogens with zero attached hydrogens (tertiary/aromatic N) is 1. The predicted octanol–water partition coefficient (Wildman–Crippen LogP) is 39.4. The van der Waals surface area contributed by atoms with Gasteiger partial charge < -0.3 is 21.3 Å². The summed E-state index contributed by atoms with van der Waals surface area (Å²) in [4.78, 5) is 4.58. The molecule has 0 bridgehead atoms. The summed E-state index contributed by atoms with van der Waals surface area (Å²) >= 11 is 7.44. The van der Waals surface area contributed by atoms with Crippen molar-refractivity contribution < 1.29 is 0 Å². The molecule has 4 N–H and O–H groups in total. The second-order valence-corrected chi connectivity index (χ2v) is 39.3. The first kappa shape index (κ1) is 85.7. The van der Waals surface area contributed by atoms with Gasteiger partial charge in [0.15, 0.2) is 0 Å². The number of hydrogen-bond donors (Lipinski definition) is 4. The fraction of sp³-hybridized carbons (Fsp3) is 0. The summed E-state index contributed by atoms with van der Waals surface area (Å²) in [5, 5.41) is 32.8. The van der Waals surface area contributed by atoms with Crippen LogP contribution in [0.1, 0.15) is 0 Å². The van der Waals surface area contributed by atoms with Crippen molar-refractivity contribution in [3.05, 3.63) is 516 Å². The number of thiophene rings is 4. The number of nitrogens with one attached hydrogen (secondary N) is 4. The average molecular weight is 1860 g/mol. The lowest BCUT2D eigenvalue weighted by Crippen LogP contribution is -1.94. The van der Waals surface area contributed by atoms with Gasteiger partial charge in [-0.2, -0.15) is 0 Å². The number of para-hydroxylation sites is 2. The van der Waals surface area contributed by atoms with Crippen LogP contribution in [0.5, 0.6) is 0 Å². The van der Waals surface area contributed by atoms with Crippen molar-refractivity contribution in [2.45, 2.75) is 0 Å². The maximum absolute atomic E-state index is 4.58. The molecule has 5 nitrogen and oxygen atoms in total. The summed E-state index contributed by atoms with van der Waals surface area (Å²) in [6.07, 6.45) is 1.84. The normalized spacial score (nSPS) is 11.3. The van der Waals surface area contributed by atoms with Gasteiger partial charge in [0.1, 0.15) is 0 Å². The molecule has 9 heteroatoms. The molecule has 662 valence electrons. The molecule has 0 atom stereocenters. The van der Waals surface area contributed by atoms with Gasteiger partial charge in [0.25, 0.3) is 0 Å². The van der Waals surface area contributed by atoms with Gasteiger partial charge in [-0.05, 0) is 239 Å². The van der Waals surface area contributed by atoms with Gasteiger partial charge in [-0.25, -0.2) is 0 Å². The number of hydrogen-bond acceptors (Lipinski definition) is 9. The molecule has 0 fully saturated rings. The maximum atomic E-state index is 4.58. The van der Waals surface area contributed by atoms with Gasteiger partial charge in [0.2, 0.25) is 0 Å². The summed E-state index contributed by atoms with van der Waals surface area (Å²) in [7, 11) is 0. The molecule has 0 radical (unpaired) electrons. The number of benzene rings is 22. The molecule has 27 rings (SSSR count). The third-order valence-corrected chi connectivity index (χ3v) is 30.9. The molecule has 27 aromatic rings. The molecular weight excluding hydrogens is 1770 g/mol. The lowest BCUT2D eigenvalue weighted by atomic mass is 9.92. The molecule has 0 spiro atoms. The molecule has 0 unspecified atom stereocenters. The Morgan fingerprint density at radius 3 is 1.29 bits per heavy atom. The second-order valence-electron chi connectivity index (χ2n) is 35.0. The molecule has 0 saturated carbocycles. The van der Waals surface area contributed by atoms with E-state index in [1.54, 1.807) is 0 Å². The molecule has 5 aromatic heterocycles. The lowest BCUT2D eigenvalue weighted by molar-refractivity contribution is 1.33. The standard InChI is InChI=1S/C40H27NS.C36H25NS.C32H21NS.C23H16N2S/c1-2-12-28(13-3-1)33-17-6-7-18-34(33)35-23-24-37(39-36-19-8-9-20-38(36)42-40(35)39)41-32-16-10-15-30(26-32)31-22-21-27-11-4-5-14-29(27)25-31;1-3-10-25(11-4-1)27-18-20-28(21-19-27)33-23-31(24-34-32-16-7-8-17-35(32)38-36(33)34)37-30-15-9-14-29(22-30)26-12-5-2-6-13-26;1-2-11-23(12-3-1)33-29-19-22(20-31-32(29)27-16-8-9-17-30(27)34-31)28-18-21-10-4-5-13-24(21)25-14-6-7-15-26(25)28;1-2-8-16(9-3-1)25-21-14-18-17-10-4-5-12-22(17)26-23(18)15-19(21)20-11-6-7-13-24-20/h1-26,41H;1-24,37H;1-20,33H;1-15,25H.